The second kappa shape index (κ2) is 5.69. The average Bonchev–Trinajstić information content (AvgIpc) is 2.79. The number of aromatic nitrogens is 1. The highest BCUT2D eigenvalue weighted by Crippen LogP contribution is 2.25. The molecular weight excluding hydrogens is 312 g/mol. The molecule has 1 fully saturated rings. The van der Waals surface area contributed by atoms with Gasteiger partial charge in [0.2, 0.25) is 0 Å². The molecule has 1 aromatic rings. The molecule has 0 aliphatic carbocycles. The van der Waals surface area contributed by atoms with E-state index in [1.54, 1.807) is 23.1 Å². The maximum atomic E-state index is 12.3. The molecule has 1 saturated heterocycles. The molecule has 0 N–H and O–H groups in total. The van der Waals surface area contributed by atoms with E-state index in [1.807, 2.05) is 6.92 Å². The van der Waals surface area contributed by atoms with Gasteiger partial charge in [-0.05, 0) is 34.0 Å². The second-order valence-corrected chi connectivity index (χ2v) is 5.48. The molecule has 1 aliphatic heterocycles. The molecule has 2 rings (SSSR count). The summed E-state index contributed by atoms with van der Waals surface area (Å²) < 4.78 is 5.38. The summed E-state index contributed by atoms with van der Waals surface area (Å²) in [6.45, 7) is 2.89. The van der Waals surface area contributed by atoms with Crippen molar-refractivity contribution in [1.29, 1.82) is 0 Å². The van der Waals surface area contributed by atoms with Crippen LogP contribution in [0.4, 0.5) is 0 Å². The van der Waals surface area contributed by atoms with Crippen LogP contribution in [-0.4, -0.2) is 42.0 Å². The fourth-order valence-electron chi connectivity index (χ4n) is 2.28. The molecule has 2 unspecified atom stereocenters. The van der Waals surface area contributed by atoms with E-state index >= 15 is 0 Å². The van der Waals surface area contributed by atoms with E-state index in [-0.39, 0.29) is 23.7 Å². The Balaban J connectivity index is 2.12. The van der Waals surface area contributed by atoms with Crippen molar-refractivity contribution in [3.63, 3.8) is 0 Å². The summed E-state index contributed by atoms with van der Waals surface area (Å²) in [7, 11) is 1.37. The molecule has 1 aliphatic rings. The van der Waals surface area contributed by atoms with Crippen LogP contribution in [0.1, 0.15) is 17.4 Å². The molecule has 2 heterocycles. The van der Waals surface area contributed by atoms with E-state index in [0.29, 0.717) is 23.4 Å². The average molecular weight is 327 g/mol. The zero-order valence-electron chi connectivity index (χ0n) is 10.8. The number of hydrogen-bond acceptors (Lipinski definition) is 4. The SMILES string of the molecule is COC(=O)C1CN(C(=O)c2cccc(Br)n2)CC1C. The molecule has 0 radical (unpaired) electrons. The van der Waals surface area contributed by atoms with Gasteiger partial charge in [0, 0.05) is 13.1 Å². The minimum atomic E-state index is -0.259. The van der Waals surface area contributed by atoms with Gasteiger partial charge in [0.05, 0.1) is 13.0 Å². The molecule has 1 amide bonds. The lowest BCUT2D eigenvalue weighted by atomic mass is 9.99. The molecule has 0 saturated carbocycles. The van der Waals surface area contributed by atoms with Crippen LogP contribution in [0.2, 0.25) is 0 Å². The monoisotopic (exact) mass is 326 g/mol. The van der Waals surface area contributed by atoms with Gasteiger partial charge in [-0.2, -0.15) is 0 Å². The van der Waals surface area contributed by atoms with E-state index in [1.165, 1.54) is 7.11 Å². The van der Waals surface area contributed by atoms with Crippen molar-refractivity contribution >= 4 is 27.8 Å². The highest BCUT2D eigenvalue weighted by atomic mass is 79.9. The van der Waals surface area contributed by atoms with E-state index in [9.17, 15) is 9.59 Å². The summed E-state index contributed by atoms with van der Waals surface area (Å²) in [5.74, 6) is -0.561. The third kappa shape index (κ3) is 2.94. The van der Waals surface area contributed by atoms with Crippen molar-refractivity contribution in [1.82, 2.24) is 9.88 Å². The highest BCUT2D eigenvalue weighted by Gasteiger charge is 2.38. The van der Waals surface area contributed by atoms with Crippen molar-refractivity contribution in [2.24, 2.45) is 11.8 Å². The zero-order valence-corrected chi connectivity index (χ0v) is 12.4. The largest absolute Gasteiger partial charge is 0.469 e. The van der Waals surface area contributed by atoms with E-state index in [4.69, 9.17) is 4.74 Å². The standard InChI is InChI=1S/C13H15BrN2O3/c1-8-6-16(7-9(8)13(18)19-2)12(17)10-4-3-5-11(14)15-10/h3-5,8-9H,6-7H2,1-2H3. The minimum Gasteiger partial charge on any atom is -0.469 e. The maximum absolute atomic E-state index is 12.3. The molecule has 102 valence electrons. The normalized spacial score (nSPS) is 22.4. The molecule has 5 nitrogen and oxygen atoms in total. The van der Waals surface area contributed by atoms with Crippen LogP contribution in [0.15, 0.2) is 22.8 Å². The van der Waals surface area contributed by atoms with Crippen molar-refractivity contribution in [2.45, 2.75) is 6.92 Å². The van der Waals surface area contributed by atoms with Gasteiger partial charge in [-0.3, -0.25) is 9.59 Å². The highest BCUT2D eigenvalue weighted by molar-refractivity contribution is 9.10. The molecular formula is C13H15BrN2O3. The van der Waals surface area contributed by atoms with E-state index in [0.717, 1.165) is 0 Å². The molecule has 2 atom stereocenters. The summed E-state index contributed by atoms with van der Waals surface area (Å²) >= 11 is 3.24. The fraction of sp³-hybridized carbons (Fsp3) is 0.462. The van der Waals surface area contributed by atoms with Gasteiger partial charge < -0.3 is 9.64 Å². The molecule has 19 heavy (non-hydrogen) atoms. The molecule has 0 aromatic carbocycles. The lowest BCUT2D eigenvalue weighted by Crippen LogP contribution is -2.30. The van der Waals surface area contributed by atoms with Crippen LogP contribution in [0.5, 0.6) is 0 Å². The first kappa shape index (κ1) is 14.0. The summed E-state index contributed by atoms with van der Waals surface area (Å²) in [4.78, 5) is 29.7. The topological polar surface area (TPSA) is 59.5 Å². The Hall–Kier alpha value is -1.43. The van der Waals surface area contributed by atoms with Crippen LogP contribution in [0, 0.1) is 11.8 Å². The van der Waals surface area contributed by atoms with Gasteiger partial charge in [0.25, 0.3) is 5.91 Å². The number of nitrogens with zero attached hydrogens (tertiary/aromatic N) is 2. The number of pyridine rings is 1. The number of carbonyl (C=O) groups is 2. The summed E-state index contributed by atoms with van der Waals surface area (Å²) in [6, 6.07) is 5.20. The predicted molar refractivity (Wildman–Crippen MR) is 72.5 cm³/mol. The molecule has 1 aromatic heterocycles. The van der Waals surface area contributed by atoms with Gasteiger partial charge in [-0.15, -0.1) is 0 Å². The first-order chi connectivity index (χ1) is 9.02. The van der Waals surface area contributed by atoms with Gasteiger partial charge in [-0.1, -0.05) is 13.0 Å². The first-order valence-electron chi connectivity index (χ1n) is 6.02. The number of methoxy groups -OCH3 is 1. The lowest BCUT2D eigenvalue weighted by molar-refractivity contribution is -0.146. The van der Waals surface area contributed by atoms with Crippen LogP contribution in [0.3, 0.4) is 0 Å². The Bertz CT molecular complexity index is 506. The number of rotatable bonds is 2. The Labute approximate surface area is 120 Å². The van der Waals surface area contributed by atoms with E-state index in [2.05, 4.69) is 20.9 Å². The summed E-state index contributed by atoms with van der Waals surface area (Å²) in [5, 5.41) is 0. The quantitative estimate of drug-likeness (QED) is 0.613. The van der Waals surface area contributed by atoms with Crippen molar-refractivity contribution in [3.05, 3.63) is 28.5 Å². The number of ether oxygens (including phenoxy) is 1. The van der Waals surface area contributed by atoms with Crippen LogP contribution < -0.4 is 0 Å². The third-order valence-electron chi connectivity index (χ3n) is 3.34. The van der Waals surface area contributed by atoms with Gasteiger partial charge in [0.1, 0.15) is 10.3 Å². The summed E-state index contributed by atoms with van der Waals surface area (Å²) in [6.07, 6.45) is 0. The predicted octanol–water partition coefficient (Wildman–Crippen LogP) is 1.73. The summed E-state index contributed by atoms with van der Waals surface area (Å²) in [5.41, 5.74) is 0.382. The Morgan fingerprint density at radius 1 is 1.42 bits per heavy atom. The molecule has 0 bridgehead atoms. The molecule has 0 spiro atoms. The number of esters is 1. The number of carbonyl (C=O) groups excluding carboxylic acids is 2. The minimum absolute atomic E-state index is 0.101. The van der Waals surface area contributed by atoms with Crippen LogP contribution >= 0.6 is 15.9 Å². The second-order valence-electron chi connectivity index (χ2n) is 4.66. The number of amides is 1. The smallest absolute Gasteiger partial charge is 0.310 e. The number of halogens is 1. The van der Waals surface area contributed by atoms with E-state index < -0.39 is 0 Å². The van der Waals surface area contributed by atoms with Gasteiger partial charge in [-0.25, -0.2) is 4.98 Å². The zero-order chi connectivity index (χ0) is 14.0. The lowest BCUT2D eigenvalue weighted by Gasteiger charge is -2.15. The van der Waals surface area contributed by atoms with Crippen LogP contribution in [-0.2, 0) is 9.53 Å². The van der Waals surface area contributed by atoms with Gasteiger partial charge in [0.15, 0.2) is 0 Å². The molecule has 6 heteroatoms. The van der Waals surface area contributed by atoms with Gasteiger partial charge >= 0.3 is 5.97 Å². The Kier molecular flexibility index (Phi) is 4.19. The van der Waals surface area contributed by atoms with Crippen molar-refractivity contribution in [2.75, 3.05) is 20.2 Å². The van der Waals surface area contributed by atoms with Crippen molar-refractivity contribution < 1.29 is 14.3 Å². The van der Waals surface area contributed by atoms with Crippen LogP contribution in [0.25, 0.3) is 0 Å². The third-order valence-corrected chi connectivity index (χ3v) is 3.78. The number of likely N-dealkylation sites (tertiary alicyclic amines) is 1. The maximum Gasteiger partial charge on any atom is 0.310 e. The first-order valence-corrected chi connectivity index (χ1v) is 6.82. The fourth-order valence-corrected chi connectivity index (χ4v) is 2.62. The number of hydrogen-bond donors (Lipinski definition) is 0. The van der Waals surface area contributed by atoms with Crippen molar-refractivity contribution in [3.8, 4) is 0 Å². The Morgan fingerprint density at radius 2 is 2.16 bits per heavy atom. The Morgan fingerprint density at radius 3 is 2.79 bits per heavy atom.